The maximum Gasteiger partial charge on any atom is 0.419 e. The Labute approximate surface area is 69.8 Å². The number of hydrogen-bond donors (Lipinski definition) is 0. The first-order chi connectivity index (χ1) is 5.79. The Hall–Kier alpha value is -1.32. The maximum absolute atomic E-state index is 11.0. The molecule has 0 N–H and O–H groups in total. The van der Waals surface area contributed by atoms with Crippen molar-refractivity contribution in [1.82, 2.24) is 4.57 Å². The summed E-state index contributed by atoms with van der Waals surface area (Å²) in [4.78, 5) is 21.1. The molecule has 0 aliphatic rings. The number of aldehydes is 1. The monoisotopic (exact) mass is 169 g/mol. The second-order valence-corrected chi connectivity index (χ2v) is 2.45. The zero-order chi connectivity index (χ0) is 8.97. The van der Waals surface area contributed by atoms with E-state index >= 15 is 0 Å². The number of aromatic nitrogens is 1. The molecule has 1 heterocycles. The van der Waals surface area contributed by atoms with E-state index in [1.54, 1.807) is 0 Å². The smallest absolute Gasteiger partial charge is 0.416 e. The van der Waals surface area contributed by atoms with Crippen molar-refractivity contribution in [3.05, 3.63) is 22.5 Å². The largest absolute Gasteiger partial charge is 0.419 e. The highest BCUT2D eigenvalue weighted by Gasteiger charge is 2.04. The predicted octanol–water partition coefficient (Wildman–Crippen LogP) is 0.593. The number of hydrogen-bond acceptors (Lipinski definition) is 3. The van der Waals surface area contributed by atoms with Gasteiger partial charge in [-0.25, -0.2) is 4.79 Å². The summed E-state index contributed by atoms with van der Waals surface area (Å²) in [6.07, 6.45) is 3.32. The van der Waals surface area contributed by atoms with Crippen molar-refractivity contribution >= 4 is 6.29 Å². The number of nitrogens with zero attached hydrogens (tertiary/aromatic N) is 1. The number of aryl methyl sites for hydroxylation is 1. The molecule has 1 rings (SSSR count). The van der Waals surface area contributed by atoms with Gasteiger partial charge in [0.05, 0.1) is 5.69 Å². The van der Waals surface area contributed by atoms with E-state index in [9.17, 15) is 9.59 Å². The lowest BCUT2D eigenvalue weighted by Crippen LogP contribution is -2.16. The van der Waals surface area contributed by atoms with Crippen molar-refractivity contribution in [2.45, 2.75) is 26.3 Å². The molecule has 12 heavy (non-hydrogen) atoms. The summed E-state index contributed by atoms with van der Waals surface area (Å²) in [6, 6.07) is 0. The van der Waals surface area contributed by atoms with E-state index in [1.165, 1.54) is 10.8 Å². The van der Waals surface area contributed by atoms with Crippen LogP contribution in [0.1, 0.15) is 19.0 Å². The van der Waals surface area contributed by atoms with Crippen molar-refractivity contribution < 1.29 is 9.21 Å². The average Bonchev–Trinajstić information content (AvgIpc) is 2.43. The molecule has 0 aromatic carbocycles. The molecule has 4 nitrogen and oxygen atoms in total. The van der Waals surface area contributed by atoms with Gasteiger partial charge in [0.2, 0.25) is 0 Å². The number of oxazole rings is 1. The molecule has 0 atom stereocenters. The fourth-order valence-corrected chi connectivity index (χ4v) is 1.05. The summed E-state index contributed by atoms with van der Waals surface area (Å²) in [5.41, 5.74) is 0.835. The Bertz CT molecular complexity index is 310. The molecule has 0 unspecified atom stereocenters. The van der Waals surface area contributed by atoms with Gasteiger partial charge in [-0.3, -0.25) is 4.57 Å². The molecule has 0 bridgehead atoms. The van der Waals surface area contributed by atoms with Gasteiger partial charge in [0.15, 0.2) is 0 Å². The van der Waals surface area contributed by atoms with Crippen LogP contribution in [-0.4, -0.2) is 10.9 Å². The second-order valence-electron chi connectivity index (χ2n) is 2.45. The Morgan fingerprint density at radius 3 is 3.00 bits per heavy atom. The van der Waals surface area contributed by atoms with E-state index in [0.717, 1.165) is 18.4 Å². The molecular weight excluding hydrogens is 158 g/mol. The van der Waals surface area contributed by atoms with Crippen molar-refractivity contribution in [3.63, 3.8) is 0 Å². The molecule has 0 fully saturated rings. The average molecular weight is 169 g/mol. The van der Waals surface area contributed by atoms with Crippen LogP contribution in [-0.2, 0) is 17.8 Å². The lowest BCUT2D eigenvalue weighted by atomic mass is 10.3. The van der Waals surface area contributed by atoms with Crippen LogP contribution in [0.3, 0.4) is 0 Å². The van der Waals surface area contributed by atoms with E-state index in [1.807, 2.05) is 6.92 Å². The van der Waals surface area contributed by atoms with E-state index < -0.39 is 0 Å². The zero-order valence-corrected chi connectivity index (χ0v) is 6.95. The van der Waals surface area contributed by atoms with Crippen molar-refractivity contribution in [2.24, 2.45) is 0 Å². The Balaban J connectivity index is 2.86. The first kappa shape index (κ1) is 8.77. The van der Waals surface area contributed by atoms with Gasteiger partial charge in [-0.1, -0.05) is 6.92 Å². The molecule has 4 heteroatoms. The normalized spacial score (nSPS) is 10.1. The predicted molar refractivity (Wildman–Crippen MR) is 43.0 cm³/mol. The Kier molecular flexibility index (Phi) is 2.85. The van der Waals surface area contributed by atoms with Crippen molar-refractivity contribution in [3.8, 4) is 0 Å². The summed E-state index contributed by atoms with van der Waals surface area (Å²) < 4.78 is 6.16. The lowest BCUT2D eigenvalue weighted by Gasteiger charge is -1.99. The summed E-state index contributed by atoms with van der Waals surface area (Å²) in [5.74, 6) is -0.381. The highest BCUT2D eigenvalue weighted by atomic mass is 16.4. The minimum Gasteiger partial charge on any atom is -0.416 e. The third kappa shape index (κ3) is 1.64. The van der Waals surface area contributed by atoms with Gasteiger partial charge >= 0.3 is 5.76 Å². The Morgan fingerprint density at radius 2 is 2.42 bits per heavy atom. The zero-order valence-electron chi connectivity index (χ0n) is 6.95. The van der Waals surface area contributed by atoms with Gasteiger partial charge in [0.1, 0.15) is 12.5 Å². The first-order valence-electron chi connectivity index (χ1n) is 3.90. The van der Waals surface area contributed by atoms with Gasteiger partial charge in [-0.15, -0.1) is 0 Å². The van der Waals surface area contributed by atoms with Crippen LogP contribution >= 0.6 is 0 Å². The van der Waals surface area contributed by atoms with Crippen LogP contribution in [0.15, 0.2) is 15.5 Å². The van der Waals surface area contributed by atoms with Crippen LogP contribution in [0.4, 0.5) is 0 Å². The highest BCUT2D eigenvalue weighted by molar-refractivity contribution is 5.48. The molecule has 0 aliphatic heterocycles. The molecule has 0 amide bonds. The molecule has 0 spiro atoms. The highest BCUT2D eigenvalue weighted by Crippen LogP contribution is 1.98. The number of carbonyl (C=O) groups excluding carboxylic acids is 1. The standard InChI is InChI=1S/C8H11NO3/c1-2-7-6-12-8(11)9(7)4-3-5-10/h5-6H,2-4H2,1H3. The van der Waals surface area contributed by atoms with E-state index in [0.29, 0.717) is 13.0 Å². The van der Waals surface area contributed by atoms with Gasteiger partial charge in [0.25, 0.3) is 0 Å². The van der Waals surface area contributed by atoms with Crippen LogP contribution in [0.5, 0.6) is 0 Å². The second kappa shape index (κ2) is 3.90. The Morgan fingerprint density at radius 1 is 1.67 bits per heavy atom. The molecule has 0 saturated carbocycles. The quantitative estimate of drug-likeness (QED) is 0.620. The SMILES string of the molecule is CCc1coc(=O)n1CCC=O. The van der Waals surface area contributed by atoms with E-state index in [4.69, 9.17) is 0 Å². The summed E-state index contributed by atoms with van der Waals surface area (Å²) >= 11 is 0. The fraction of sp³-hybridized carbons (Fsp3) is 0.500. The van der Waals surface area contributed by atoms with Crippen LogP contribution in [0, 0.1) is 0 Å². The lowest BCUT2D eigenvalue weighted by molar-refractivity contribution is -0.108. The number of carbonyl (C=O) groups is 1. The molecule has 66 valence electrons. The van der Waals surface area contributed by atoms with Crippen LogP contribution < -0.4 is 5.76 Å². The van der Waals surface area contributed by atoms with E-state index in [-0.39, 0.29) is 5.76 Å². The summed E-state index contributed by atoms with van der Waals surface area (Å²) in [5, 5.41) is 0. The van der Waals surface area contributed by atoms with Crippen LogP contribution in [0.25, 0.3) is 0 Å². The number of rotatable bonds is 4. The molecule has 0 saturated heterocycles. The molecular formula is C8H11NO3. The molecule has 1 aromatic rings. The van der Waals surface area contributed by atoms with Crippen LogP contribution in [0.2, 0.25) is 0 Å². The minimum atomic E-state index is -0.381. The minimum absolute atomic E-state index is 0.354. The molecule has 0 aliphatic carbocycles. The summed E-state index contributed by atoms with van der Waals surface area (Å²) in [7, 11) is 0. The van der Waals surface area contributed by atoms with Gasteiger partial charge < -0.3 is 9.21 Å². The third-order valence-electron chi connectivity index (χ3n) is 1.70. The summed E-state index contributed by atoms with van der Waals surface area (Å²) in [6.45, 7) is 2.35. The molecule has 0 radical (unpaired) electrons. The molecule has 1 aromatic heterocycles. The van der Waals surface area contributed by atoms with Gasteiger partial charge in [-0.05, 0) is 6.42 Å². The van der Waals surface area contributed by atoms with Gasteiger partial charge in [0, 0.05) is 13.0 Å². The topological polar surface area (TPSA) is 52.2 Å². The van der Waals surface area contributed by atoms with E-state index in [2.05, 4.69) is 4.42 Å². The van der Waals surface area contributed by atoms with Crippen molar-refractivity contribution in [1.29, 1.82) is 0 Å². The van der Waals surface area contributed by atoms with Gasteiger partial charge in [-0.2, -0.15) is 0 Å². The first-order valence-corrected chi connectivity index (χ1v) is 3.90. The maximum atomic E-state index is 11.0. The van der Waals surface area contributed by atoms with Crippen molar-refractivity contribution in [2.75, 3.05) is 0 Å². The fourth-order valence-electron chi connectivity index (χ4n) is 1.05. The third-order valence-corrected chi connectivity index (χ3v) is 1.70.